The Kier molecular flexibility index (Phi) is 7.16. The van der Waals surface area contributed by atoms with E-state index in [1.807, 2.05) is 0 Å². The van der Waals surface area contributed by atoms with Crippen molar-refractivity contribution in [3.05, 3.63) is 23.8 Å². The van der Waals surface area contributed by atoms with Gasteiger partial charge in [-0.3, -0.25) is 5.41 Å². The number of aliphatic hydroxyl groups excluding tert-OH is 1. The Morgan fingerprint density at radius 1 is 1.28 bits per heavy atom. The van der Waals surface area contributed by atoms with E-state index < -0.39 is 6.10 Å². The van der Waals surface area contributed by atoms with Crippen LogP contribution in [0.3, 0.4) is 0 Å². The van der Waals surface area contributed by atoms with E-state index in [-0.39, 0.29) is 18.3 Å². The molecular formula is C12H18ClNO4. The van der Waals surface area contributed by atoms with E-state index in [1.165, 1.54) is 14.2 Å². The highest BCUT2D eigenvalue weighted by Crippen LogP contribution is 2.30. The molecule has 0 aliphatic carbocycles. The van der Waals surface area contributed by atoms with E-state index in [0.717, 1.165) is 0 Å². The summed E-state index contributed by atoms with van der Waals surface area (Å²) < 4.78 is 15.2. The predicted octanol–water partition coefficient (Wildman–Crippen LogP) is 2.17. The van der Waals surface area contributed by atoms with Gasteiger partial charge < -0.3 is 19.3 Å². The van der Waals surface area contributed by atoms with Crippen LogP contribution in [0.2, 0.25) is 0 Å². The number of ether oxygens (including phenoxy) is 3. The molecule has 0 aromatic heterocycles. The Morgan fingerprint density at radius 2 is 1.89 bits per heavy atom. The zero-order valence-corrected chi connectivity index (χ0v) is 11.4. The predicted molar refractivity (Wildman–Crippen MR) is 71.1 cm³/mol. The first kappa shape index (κ1) is 16.5. The Morgan fingerprint density at radius 3 is 2.39 bits per heavy atom. The van der Waals surface area contributed by atoms with Crippen LogP contribution in [0.1, 0.15) is 18.6 Å². The first-order chi connectivity index (χ1) is 8.13. The quantitative estimate of drug-likeness (QED) is 0.638. The van der Waals surface area contributed by atoms with Gasteiger partial charge in [-0.2, -0.15) is 0 Å². The van der Waals surface area contributed by atoms with E-state index in [1.54, 1.807) is 25.1 Å². The van der Waals surface area contributed by atoms with Crippen LogP contribution >= 0.6 is 12.4 Å². The summed E-state index contributed by atoms with van der Waals surface area (Å²) in [5.41, 5.74) is 0.529. The third-order valence-electron chi connectivity index (χ3n) is 2.27. The van der Waals surface area contributed by atoms with Crippen molar-refractivity contribution in [3.8, 4) is 11.5 Å². The van der Waals surface area contributed by atoms with Gasteiger partial charge in [0.1, 0.15) is 0 Å². The zero-order chi connectivity index (χ0) is 12.8. The van der Waals surface area contributed by atoms with Gasteiger partial charge in [0.15, 0.2) is 17.6 Å². The standard InChI is InChI=1S/C12H17NO4.ClH/c1-4-17-12(13)11(14)8-5-6-9(15-2)10(7-8)16-3;/h5-7,11,13-14H,4H2,1-3H3;1H. The number of rotatable bonds is 5. The Bertz CT molecular complexity index is 398. The lowest BCUT2D eigenvalue weighted by Gasteiger charge is -2.14. The van der Waals surface area contributed by atoms with Gasteiger partial charge in [-0.25, -0.2) is 0 Å². The first-order valence-electron chi connectivity index (χ1n) is 5.25. The second-order valence-corrected chi connectivity index (χ2v) is 3.31. The van der Waals surface area contributed by atoms with Crippen molar-refractivity contribution in [2.45, 2.75) is 13.0 Å². The summed E-state index contributed by atoms with van der Waals surface area (Å²) in [6.07, 6.45) is -1.09. The molecule has 6 heteroatoms. The van der Waals surface area contributed by atoms with E-state index in [9.17, 15) is 5.11 Å². The average molecular weight is 276 g/mol. The maximum absolute atomic E-state index is 9.86. The molecule has 0 amide bonds. The third kappa shape index (κ3) is 3.78. The van der Waals surface area contributed by atoms with E-state index in [2.05, 4.69) is 0 Å². The minimum atomic E-state index is -1.09. The summed E-state index contributed by atoms with van der Waals surface area (Å²) in [5.74, 6) is 0.902. The van der Waals surface area contributed by atoms with E-state index in [4.69, 9.17) is 19.6 Å². The van der Waals surface area contributed by atoms with E-state index >= 15 is 0 Å². The summed E-state index contributed by atoms with van der Waals surface area (Å²) in [6.45, 7) is 2.11. The molecule has 1 aromatic carbocycles. The van der Waals surface area contributed by atoms with Gasteiger partial charge in [0.2, 0.25) is 5.90 Å². The van der Waals surface area contributed by atoms with Crippen molar-refractivity contribution in [3.63, 3.8) is 0 Å². The fourth-order valence-electron chi connectivity index (χ4n) is 1.41. The second kappa shape index (κ2) is 7.79. The molecule has 0 saturated heterocycles. The van der Waals surface area contributed by atoms with Crippen molar-refractivity contribution in [1.82, 2.24) is 0 Å². The third-order valence-corrected chi connectivity index (χ3v) is 2.27. The molecule has 1 rings (SSSR count). The Labute approximate surface area is 113 Å². The zero-order valence-electron chi connectivity index (χ0n) is 10.6. The molecule has 0 aliphatic rings. The highest BCUT2D eigenvalue weighted by molar-refractivity contribution is 5.85. The molecule has 0 radical (unpaired) electrons. The average Bonchev–Trinajstić information content (AvgIpc) is 2.37. The van der Waals surface area contributed by atoms with Gasteiger partial charge in [0, 0.05) is 0 Å². The van der Waals surface area contributed by atoms with Crippen LogP contribution in [0.15, 0.2) is 18.2 Å². The number of nitrogens with one attached hydrogen (secondary N) is 1. The highest BCUT2D eigenvalue weighted by atomic mass is 35.5. The first-order valence-corrected chi connectivity index (χ1v) is 5.25. The number of aliphatic hydroxyl groups is 1. The molecular weight excluding hydrogens is 258 g/mol. The molecule has 0 fully saturated rings. The number of halogens is 1. The van der Waals surface area contributed by atoms with Crippen LogP contribution in [-0.4, -0.2) is 31.8 Å². The minimum Gasteiger partial charge on any atom is -0.493 e. The summed E-state index contributed by atoms with van der Waals surface area (Å²) in [7, 11) is 3.05. The SMILES string of the molecule is CCOC(=N)C(O)c1ccc(OC)c(OC)c1.Cl. The van der Waals surface area contributed by atoms with Gasteiger partial charge in [-0.1, -0.05) is 6.07 Å². The lowest BCUT2D eigenvalue weighted by Crippen LogP contribution is -2.14. The number of hydrogen-bond acceptors (Lipinski definition) is 5. The van der Waals surface area contributed by atoms with Crippen LogP contribution in [0.5, 0.6) is 11.5 Å². The Balaban J connectivity index is 0.00000289. The minimum absolute atomic E-state index is 0. The Hall–Kier alpha value is -1.46. The molecule has 5 nitrogen and oxygen atoms in total. The molecule has 1 aromatic rings. The van der Waals surface area contributed by atoms with Crippen LogP contribution in [0.4, 0.5) is 0 Å². The van der Waals surface area contributed by atoms with Crippen molar-refractivity contribution in [1.29, 1.82) is 5.41 Å². The highest BCUT2D eigenvalue weighted by Gasteiger charge is 2.17. The fraction of sp³-hybridized carbons (Fsp3) is 0.417. The molecule has 1 unspecified atom stereocenters. The molecule has 0 saturated carbocycles. The lowest BCUT2D eigenvalue weighted by molar-refractivity contribution is 0.190. The summed E-state index contributed by atoms with van der Waals surface area (Å²) in [4.78, 5) is 0. The molecule has 102 valence electrons. The van der Waals surface area contributed by atoms with Gasteiger partial charge in [0.25, 0.3) is 0 Å². The molecule has 2 N–H and O–H groups in total. The number of hydrogen-bond donors (Lipinski definition) is 2. The summed E-state index contributed by atoms with van der Waals surface area (Å²) in [5, 5.41) is 17.4. The van der Waals surface area contributed by atoms with Crippen molar-refractivity contribution < 1.29 is 19.3 Å². The van der Waals surface area contributed by atoms with Gasteiger partial charge in [0.05, 0.1) is 20.8 Å². The molecule has 0 bridgehead atoms. The van der Waals surface area contributed by atoms with Crippen LogP contribution in [0.25, 0.3) is 0 Å². The number of methoxy groups -OCH3 is 2. The molecule has 0 spiro atoms. The largest absolute Gasteiger partial charge is 0.493 e. The number of benzene rings is 1. The molecule has 18 heavy (non-hydrogen) atoms. The molecule has 1 atom stereocenters. The molecule has 0 heterocycles. The lowest BCUT2D eigenvalue weighted by atomic mass is 10.1. The monoisotopic (exact) mass is 275 g/mol. The van der Waals surface area contributed by atoms with Crippen molar-refractivity contribution >= 4 is 18.3 Å². The fourth-order valence-corrected chi connectivity index (χ4v) is 1.41. The maximum Gasteiger partial charge on any atom is 0.214 e. The van der Waals surface area contributed by atoms with E-state index in [0.29, 0.717) is 23.7 Å². The van der Waals surface area contributed by atoms with Crippen molar-refractivity contribution in [2.75, 3.05) is 20.8 Å². The maximum atomic E-state index is 9.86. The van der Waals surface area contributed by atoms with Crippen molar-refractivity contribution in [2.24, 2.45) is 0 Å². The van der Waals surface area contributed by atoms with Crippen LogP contribution in [0, 0.1) is 5.41 Å². The second-order valence-electron chi connectivity index (χ2n) is 3.31. The smallest absolute Gasteiger partial charge is 0.214 e. The summed E-state index contributed by atoms with van der Waals surface area (Å²) >= 11 is 0. The topological polar surface area (TPSA) is 71.8 Å². The molecule has 0 aliphatic heterocycles. The van der Waals surface area contributed by atoms with Gasteiger partial charge in [-0.05, 0) is 24.6 Å². The van der Waals surface area contributed by atoms with Crippen LogP contribution < -0.4 is 9.47 Å². The van der Waals surface area contributed by atoms with Crippen LogP contribution in [-0.2, 0) is 4.74 Å². The van der Waals surface area contributed by atoms with Gasteiger partial charge in [-0.15, -0.1) is 12.4 Å². The summed E-state index contributed by atoms with van der Waals surface area (Å²) in [6, 6.07) is 4.97. The van der Waals surface area contributed by atoms with Gasteiger partial charge >= 0.3 is 0 Å². The normalized spacial score (nSPS) is 11.1.